The van der Waals surface area contributed by atoms with Gasteiger partial charge in [-0.15, -0.1) is 0 Å². The van der Waals surface area contributed by atoms with Gasteiger partial charge in [-0.2, -0.15) is 0 Å². The minimum absolute atomic E-state index is 0.0485. The molecule has 5 heteroatoms. The summed E-state index contributed by atoms with van der Waals surface area (Å²) in [5.74, 6) is 0.935. The molecule has 0 bridgehead atoms. The molecule has 2 aromatic carbocycles. The summed E-state index contributed by atoms with van der Waals surface area (Å²) in [5, 5.41) is 0. The summed E-state index contributed by atoms with van der Waals surface area (Å²) in [5.41, 5.74) is 2.04. The second-order valence-corrected chi connectivity index (χ2v) is 9.96. The van der Waals surface area contributed by atoms with E-state index in [4.69, 9.17) is 4.74 Å². The molecule has 1 heterocycles. The summed E-state index contributed by atoms with van der Waals surface area (Å²) in [6.45, 7) is 3.65. The Morgan fingerprint density at radius 1 is 0.886 bits per heavy atom. The van der Waals surface area contributed by atoms with E-state index in [-0.39, 0.29) is 24.4 Å². The van der Waals surface area contributed by atoms with Crippen LogP contribution < -0.4 is 4.74 Å². The number of rotatable bonds is 11. The molecule has 1 unspecified atom stereocenters. The highest BCUT2D eigenvalue weighted by Gasteiger charge is 2.42. The number of benzene rings is 2. The van der Waals surface area contributed by atoms with Gasteiger partial charge < -0.3 is 14.5 Å². The number of hydrogen-bond donors (Lipinski definition) is 0. The lowest BCUT2D eigenvalue weighted by atomic mass is 9.91. The molecule has 0 spiro atoms. The van der Waals surface area contributed by atoms with E-state index in [9.17, 15) is 9.59 Å². The molecule has 4 rings (SSSR count). The molecule has 0 N–H and O–H groups in total. The monoisotopic (exact) mass is 476 g/mol. The van der Waals surface area contributed by atoms with Crippen LogP contribution in [0.4, 0.5) is 0 Å². The van der Waals surface area contributed by atoms with Crippen LogP contribution in [-0.2, 0) is 16.0 Å². The van der Waals surface area contributed by atoms with Crippen LogP contribution in [0.1, 0.15) is 81.9 Å². The van der Waals surface area contributed by atoms with Crippen molar-refractivity contribution in [1.29, 1.82) is 0 Å². The molecule has 0 radical (unpaired) electrons. The van der Waals surface area contributed by atoms with Crippen molar-refractivity contribution in [1.82, 2.24) is 9.80 Å². The van der Waals surface area contributed by atoms with Gasteiger partial charge in [0.05, 0.1) is 6.61 Å². The largest absolute Gasteiger partial charge is 0.494 e. The molecule has 1 aliphatic heterocycles. The van der Waals surface area contributed by atoms with Crippen molar-refractivity contribution in [3.05, 3.63) is 65.7 Å². The minimum atomic E-state index is -0.569. The van der Waals surface area contributed by atoms with E-state index >= 15 is 0 Å². The van der Waals surface area contributed by atoms with E-state index in [1.54, 1.807) is 4.90 Å². The smallest absolute Gasteiger partial charge is 0.250 e. The Morgan fingerprint density at radius 3 is 2.34 bits per heavy atom. The van der Waals surface area contributed by atoms with E-state index in [1.165, 1.54) is 31.2 Å². The third kappa shape index (κ3) is 6.65. The fraction of sp³-hybridized carbons (Fsp3) is 0.533. The normalized spacial score (nSPS) is 19.3. The average molecular weight is 477 g/mol. The van der Waals surface area contributed by atoms with Crippen molar-refractivity contribution in [3.63, 3.8) is 0 Å². The quantitative estimate of drug-likeness (QED) is 0.378. The van der Waals surface area contributed by atoms with Crippen LogP contribution in [0.15, 0.2) is 54.6 Å². The lowest BCUT2D eigenvalue weighted by Gasteiger charge is -2.44. The number of amides is 2. The molecule has 0 aromatic heterocycles. The van der Waals surface area contributed by atoms with E-state index in [2.05, 4.69) is 19.1 Å². The van der Waals surface area contributed by atoms with Crippen molar-refractivity contribution in [2.45, 2.75) is 83.2 Å². The highest BCUT2D eigenvalue weighted by molar-refractivity contribution is 5.95. The van der Waals surface area contributed by atoms with Crippen LogP contribution in [0, 0.1) is 0 Å². The van der Waals surface area contributed by atoms with Crippen LogP contribution in [0.2, 0.25) is 0 Å². The fourth-order valence-electron chi connectivity index (χ4n) is 5.39. The highest BCUT2D eigenvalue weighted by atomic mass is 16.5. The molecule has 188 valence electrons. The lowest BCUT2D eigenvalue weighted by molar-refractivity contribution is -0.159. The van der Waals surface area contributed by atoms with Gasteiger partial charge in [0.2, 0.25) is 5.91 Å². The molecule has 1 saturated heterocycles. The summed E-state index contributed by atoms with van der Waals surface area (Å²) < 4.78 is 5.92. The van der Waals surface area contributed by atoms with Gasteiger partial charge in [0.25, 0.3) is 5.91 Å². The number of nitrogens with zero attached hydrogens (tertiary/aromatic N) is 2. The third-order valence-corrected chi connectivity index (χ3v) is 7.42. The Morgan fingerprint density at radius 2 is 1.63 bits per heavy atom. The first-order valence-electron chi connectivity index (χ1n) is 13.5. The van der Waals surface area contributed by atoms with Gasteiger partial charge in [0.1, 0.15) is 18.3 Å². The summed E-state index contributed by atoms with van der Waals surface area (Å²) in [6.07, 6.45) is 10.9. The van der Waals surface area contributed by atoms with Crippen molar-refractivity contribution in [2.24, 2.45) is 0 Å². The second kappa shape index (κ2) is 12.8. The maximum absolute atomic E-state index is 13.9. The SMILES string of the molecule is CCCCCCOc1ccc(C2C(=O)N(C3CCCCC3)CC(=O)N2CCc2ccccc2)cc1. The van der Waals surface area contributed by atoms with Crippen molar-refractivity contribution in [3.8, 4) is 5.75 Å². The van der Waals surface area contributed by atoms with E-state index in [1.807, 2.05) is 47.4 Å². The number of unbranched alkanes of at least 4 members (excludes halogenated alkanes) is 3. The number of piperazine rings is 1. The zero-order chi connectivity index (χ0) is 24.5. The number of carbonyl (C=O) groups is 2. The summed E-state index contributed by atoms with van der Waals surface area (Å²) in [7, 11) is 0. The third-order valence-electron chi connectivity index (χ3n) is 7.42. The zero-order valence-electron chi connectivity index (χ0n) is 21.2. The first kappa shape index (κ1) is 25.3. The van der Waals surface area contributed by atoms with Crippen molar-refractivity contribution < 1.29 is 14.3 Å². The maximum Gasteiger partial charge on any atom is 0.250 e. The van der Waals surface area contributed by atoms with Crippen LogP contribution in [-0.4, -0.2) is 47.4 Å². The first-order chi connectivity index (χ1) is 17.2. The molecule has 35 heavy (non-hydrogen) atoms. The van der Waals surface area contributed by atoms with Crippen molar-refractivity contribution >= 4 is 11.8 Å². The second-order valence-electron chi connectivity index (χ2n) is 9.96. The lowest BCUT2D eigenvalue weighted by Crippen LogP contribution is -2.58. The van der Waals surface area contributed by atoms with Gasteiger partial charge in [-0.1, -0.05) is 87.9 Å². The predicted molar refractivity (Wildman–Crippen MR) is 139 cm³/mol. The molecular formula is C30H40N2O3. The van der Waals surface area contributed by atoms with E-state index in [0.29, 0.717) is 13.2 Å². The Balaban J connectivity index is 1.50. The predicted octanol–water partition coefficient (Wildman–Crippen LogP) is 5.93. The molecule has 2 fully saturated rings. The highest BCUT2D eigenvalue weighted by Crippen LogP contribution is 2.33. The van der Waals surface area contributed by atoms with Gasteiger partial charge >= 0.3 is 0 Å². The summed E-state index contributed by atoms with van der Waals surface area (Å²) >= 11 is 0. The van der Waals surface area contributed by atoms with Crippen molar-refractivity contribution in [2.75, 3.05) is 19.7 Å². The molecule has 5 nitrogen and oxygen atoms in total. The van der Waals surface area contributed by atoms with Crippen LogP contribution in [0.3, 0.4) is 0 Å². The minimum Gasteiger partial charge on any atom is -0.494 e. The first-order valence-corrected chi connectivity index (χ1v) is 13.5. The van der Waals surface area contributed by atoms with Gasteiger partial charge in [-0.3, -0.25) is 9.59 Å². The summed E-state index contributed by atoms with van der Waals surface area (Å²) in [6, 6.07) is 17.6. The van der Waals surface area contributed by atoms with Gasteiger partial charge in [-0.05, 0) is 48.9 Å². The standard InChI is InChI=1S/C30H40N2O3/c1-2-3-4-11-22-35-27-18-16-25(17-19-27)29-30(34)32(26-14-9-6-10-15-26)23-28(33)31(29)21-20-24-12-7-5-8-13-24/h5,7-8,12-13,16-19,26,29H,2-4,6,9-11,14-15,20-23H2,1H3. The Labute approximate surface area is 210 Å². The van der Waals surface area contributed by atoms with Crippen LogP contribution in [0.25, 0.3) is 0 Å². The molecule has 1 saturated carbocycles. The zero-order valence-corrected chi connectivity index (χ0v) is 21.2. The van der Waals surface area contributed by atoms with E-state index in [0.717, 1.165) is 49.8 Å². The van der Waals surface area contributed by atoms with Gasteiger partial charge in [0, 0.05) is 12.6 Å². The Hall–Kier alpha value is -2.82. The fourth-order valence-corrected chi connectivity index (χ4v) is 5.39. The molecule has 2 amide bonds. The number of ether oxygens (including phenoxy) is 1. The van der Waals surface area contributed by atoms with Gasteiger partial charge in [0.15, 0.2) is 0 Å². The van der Waals surface area contributed by atoms with Gasteiger partial charge in [-0.25, -0.2) is 0 Å². The Kier molecular flexibility index (Phi) is 9.21. The number of carbonyl (C=O) groups excluding carboxylic acids is 2. The molecule has 2 aliphatic rings. The molecule has 1 atom stereocenters. The molecule has 1 aliphatic carbocycles. The topological polar surface area (TPSA) is 49.9 Å². The maximum atomic E-state index is 13.9. The molecular weight excluding hydrogens is 436 g/mol. The number of hydrogen-bond acceptors (Lipinski definition) is 3. The van der Waals surface area contributed by atoms with Crippen LogP contribution in [0.5, 0.6) is 5.75 Å². The molecule has 2 aromatic rings. The average Bonchev–Trinajstić information content (AvgIpc) is 2.90. The Bertz CT molecular complexity index is 938. The van der Waals surface area contributed by atoms with Crippen LogP contribution >= 0.6 is 0 Å². The summed E-state index contributed by atoms with van der Waals surface area (Å²) in [4.78, 5) is 30.9. The van der Waals surface area contributed by atoms with E-state index < -0.39 is 6.04 Å².